The van der Waals surface area contributed by atoms with Gasteiger partial charge < -0.3 is 19.5 Å². The second-order valence-electron chi connectivity index (χ2n) is 6.98. The average Bonchev–Trinajstić information content (AvgIpc) is 3.41. The fourth-order valence-electron chi connectivity index (χ4n) is 3.99. The van der Waals surface area contributed by atoms with Gasteiger partial charge in [0, 0.05) is 10.9 Å². The van der Waals surface area contributed by atoms with E-state index < -0.39 is 24.1 Å². The predicted molar refractivity (Wildman–Crippen MR) is 112 cm³/mol. The Hall–Kier alpha value is -3.58. The third-order valence-electron chi connectivity index (χ3n) is 5.35. The summed E-state index contributed by atoms with van der Waals surface area (Å²) in [4.78, 5) is 40.2. The maximum Gasteiger partial charge on any atom is 0.300 e. The number of amides is 2. The third-order valence-corrected chi connectivity index (χ3v) is 6.56. The molecule has 2 aromatic rings. The lowest BCUT2D eigenvalue weighted by Gasteiger charge is -2.19. The molecule has 0 unspecified atom stereocenters. The summed E-state index contributed by atoms with van der Waals surface area (Å²) in [5.41, 5.74) is 1.69. The smallest absolute Gasteiger partial charge is 0.300 e. The average molecular weight is 441 g/mol. The molecule has 160 valence electrons. The number of carbonyl (C=O) groups is 3. The first-order valence-electron chi connectivity index (χ1n) is 9.48. The van der Waals surface area contributed by atoms with E-state index in [0.717, 1.165) is 34.6 Å². The zero-order valence-corrected chi connectivity index (χ0v) is 18.0. The number of hydrogen-bond donors (Lipinski definition) is 1. The van der Waals surface area contributed by atoms with Crippen LogP contribution in [0.3, 0.4) is 0 Å². The van der Waals surface area contributed by atoms with Crippen LogP contribution in [0.25, 0.3) is 0 Å². The molecule has 2 aliphatic rings. The van der Waals surface area contributed by atoms with Crippen LogP contribution in [-0.4, -0.2) is 45.5 Å². The molecule has 10 heteroatoms. The Morgan fingerprint density at radius 3 is 2.58 bits per heavy atom. The summed E-state index contributed by atoms with van der Waals surface area (Å²) in [5.74, 6) is -1.66. The Kier molecular flexibility index (Phi) is 5.29. The zero-order valence-electron chi connectivity index (χ0n) is 17.2. The highest BCUT2D eigenvalue weighted by Crippen LogP contribution is 2.48. The van der Waals surface area contributed by atoms with Crippen molar-refractivity contribution in [2.75, 3.05) is 38.1 Å². The minimum Gasteiger partial charge on any atom is -0.493 e. The van der Waals surface area contributed by atoms with E-state index in [1.165, 1.54) is 38.7 Å². The summed E-state index contributed by atoms with van der Waals surface area (Å²) in [6.45, 7) is -0.399. The topological polar surface area (TPSA) is 118 Å². The number of nitrogens with zero attached hydrogens (tertiary/aromatic N) is 2. The number of methoxy groups -OCH3 is 3. The van der Waals surface area contributed by atoms with Gasteiger partial charge in [-0.25, -0.2) is 0 Å². The van der Waals surface area contributed by atoms with Gasteiger partial charge >= 0.3 is 0 Å². The number of aryl methyl sites for hydroxylation is 1. The number of hydrogen-bond acceptors (Lipinski definition) is 8. The van der Waals surface area contributed by atoms with Gasteiger partial charge in [-0.1, -0.05) is 0 Å². The normalized spacial score (nSPS) is 14.2. The first-order chi connectivity index (χ1) is 14.9. The molecule has 2 heterocycles. The van der Waals surface area contributed by atoms with Gasteiger partial charge in [0.05, 0.1) is 38.1 Å². The van der Waals surface area contributed by atoms with Crippen molar-refractivity contribution in [3.63, 3.8) is 0 Å². The maximum atomic E-state index is 12.8. The molecule has 2 amide bonds. The number of Topliss-reactive ketones (excluding diaryl/α,β-unsaturated/α-hetero) is 1. The number of rotatable bonds is 6. The summed E-state index contributed by atoms with van der Waals surface area (Å²) < 4.78 is 15.9. The van der Waals surface area contributed by atoms with Crippen LogP contribution in [0.15, 0.2) is 6.07 Å². The lowest BCUT2D eigenvalue weighted by atomic mass is 10.1. The Morgan fingerprint density at radius 1 is 1.19 bits per heavy atom. The summed E-state index contributed by atoms with van der Waals surface area (Å²) >= 11 is 1.38. The van der Waals surface area contributed by atoms with E-state index in [1.807, 2.05) is 0 Å². The number of thiophene rings is 1. The third kappa shape index (κ3) is 3.18. The summed E-state index contributed by atoms with van der Waals surface area (Å²) in [6.07, 6.45) is 2.70. The molecule has 0 spiro atoms. The first-order valence-corrected chi connectivity index (χ1v) is 10.3. The molecular weight excluding hydrogens is 422 g/mol. The van der Waals surface area contributed by atoms with Crippen LogP contribution in [-0.2, 0) is 22.4 Å². The molecule has 0 bridgehead atoms. The molecule has 1 N–H and O–H groups in total. The van der Waals surface area contributed by atoms with Gasteiger partial charge in [-0.15, -0.1) is 11.3 Å². The molecule has 31 heavy (non-hydrogen) atoms. The minimum atomic E-state index is -0.854. The fourth-order valence-corrected chi connectivity index (χ4v) is 5.25. The van der Waals surface area contributed by atoms with Crippen LogP contribution in [0.5, 0.6) is 17.2 Å². The lowest BCUT2D eigenvalue weighted by molar-refractivity contribution is -0.118. The number of nitriles is 1. The summed E-state index contributed by atoms with van der Waals surface area (Å²) in [6, 6.07) is 3.63. The number of fused-ring (bicyclic) bond motifs is 2. The molecule has 1 aromatic heterocycles. The molecule has 0 fully saturated rings. The largest absolute Gasteiger partial charge is 0.493 e. The molecule has 0 radical (unpaired) electrons. The predicted octanol–water partition coefficient (Wildman–Crippen LogP) is 2.30. The Labute approximate surface area is 182 Å². The van der Waals surface area contributed by atoms with E-state index in [9.17, 15) is 19.6 Å². The Balaban J connectivity index is 1.65. The molecule has 0 saturated carbocycles. The van der Waals surface area contributed by atoms with Crippen molar-refractivity contribution >= 4 is 39.6 Å². The molecule has 0 atom stereocenters. The second kappa shape index (κ2) is 7.92. The number of carbonyl (C=O) groups excluding carboxylic acids is 3. The number of benzene rings is 1. The van der Waals surface area contributed by atoms with E-state index in [0.29, 0.717) is 10.6 Å². The van der Waals surface area contributed by atoms with Crippen LogP contribution in [0.1, 0.15) is 32.8 Å². The van der Waals surface area contributed by atoms with Gasteiger partial charge in [-0.2, -0.15) is 5.26 Å². The lowest BCUT2D eigenvalue weighted by Crippen LogP contribution is -2.37. The number of ether oxygens (including phenoxy) is 3. The van der Waals surface area contributed by atoms with E-state index in [1.54, 1.807) is 0 Å². The highest BCUT2D eigenvalue weighted by molar-refractivity contribution is 7.16. The number of nitrogens with one attached hydrogen (secondary N) is 1. The van der Waals surface area contributed by atoms with Gasteiger partial charge in [0.1, 0.15) is 17.6 Å². The van der Waals surface area contributed by atoms with Crippen molar-refractivity contribution < 1.29 is 28.6 Å². The zero-order chi connectivity index (χ0) is 22.3. The van der Waals surface area contributed by atoms with Gasteiger partial charge in [-0.3, -0.25) is 19.3 Å². The Morgan fingerprint density at radius 2 is 1.94 bits per heavy atom. The first kappa shape index (κ1) is 20.7. The summed E-state index contributed by atoms with van der Waals surface area (Å²) in [7, 11) is 4.16. The van der Waals surface area contributed by atoms with Crippen LogP contribution in [0, 0.1) is 11.3 Å². The van der Waals surface area contributed by atoms with E-state index in [2.05, 4.69) is 11.4 Å². The van der Waals surface area contributed by atoms with E-state index in [4.69, 9.17) is 14.2 Å². The standard InChI is InChI=1S/C21H19N3O6S/c1-28-13-7-12-16(19(30-3)18(13)29-2)17(26)21(27)24(12)9-15(25)23-20-11(8-22)10-5-4-6-14(10)31-20/h7H,4-6,9H2,1-3H3,(H,23,25). The van der Waals surface area contributed by atoms with Crippen molar-refractivity contribution in [1.29, 1.82) is 5.26 Å². The molecule has 9 nitrogen and oxygen atoms in total. The molecule has 4 rings (SSSR count). The highest BCUT2D eigenvalue weighted by atomic mass is 32.1. The van der Waals surface area contributed by atoms with E-state index in [-0.39, 0.29) is 28.5 Å². The molecule has 1 aromatic carbocycles. The molecular formula is C21H19N3O6S. The fraction of sp³-hybridized carbons (Fsp3) is 0.333. The van der Waals surface area contributed by atoms with Gasteiger partial charge in [0.2, 0.25) is 11.7 Å². The highest BCUT2D eigenvalue weighted by Gasteiger charge is 2.42. The molecule has 1 aliphatic carbocycles. The van der Waals surface area contributed by atoms with Crippen molar-refractivity contribution in [1.82, 2.24) is 0 Å². The van der Waals surface area contributed by atoms with Crippen LogP contribution in [0.4, 0.5) is 10.7 Å². The van der Waals surface area contributed by atoms with Crippen LogP contribution >= 0.6 is 11.3 Å². The van der Waals surface area contributed by atoms with Crippen molar-refractivity contribution in [3.8, 4) is 23.3 Å². The second-order valence-corrected chi connectivity index (χ2v) is 8.09. The monoisotopic (exact) mass is 441 g/mol. The Bertz CT molecular complexity index is 1160. The maximum absolute atomic E-state index is 12.8. The van der Waals surface area contributed by atoms with Crippen LogP contribution in [0.2, 0.25) is 0 Å². The van der Waals surface area contributed by atoms with Gasteiger partial charge in [-0.05, 0) is 24.8 Å². The van der Waals surface area contributed by atoms with Gasteiger partial charge in [0.25, 0.3) is 11.7 Å². The van der Waals surface area contributed by atoms with Crippen LogP contribution < -0.4 is 24.4 Å². The van der Waals surface area contributed by atoms with Gasteiger partial charge in [0.15, 0.2) is 11.5 Å². The number of anilines is 2. The minimum absolute atomic E-state index is 0.0192. The van der Waals surface area contributed by atoms with Crippen molar-refractivity contribution in [2.24, 2.45) is 0 Å². The molecule has 0 saturated heterocycles. The summed E-state index contributed by atoms with van der Waals surface area (Å²) in [5, 5.41) is 12.7. The quantitative estimate of drug-likeness (QED) is 0.684. The van der Waals surface area contributed by atoms with Crippen molar-refractivity contribution in [2.45, 2.75) is 19.3 Å². The van der Waals surface area contributed by atoms with E-state index >= 15 is 0 Å². The SMILES string of the molecule is COc1cc2c(c(OC)c1OC)C(=O)C(=O)N2CC(=O)Nc1sc2c(c1C#N)CCC2. The van der Waals surface area contributed by atoms with Crippen molar-refractivity contribution in [3.05, 3.63) is 27.6 Å². The number of ketones is 1. The molecule has 1 aliphatic heterocycles.